The lowest BCUT2D eigenvalue weighted by Gasteiger charge is -2.23. The van der Waals surface area contributed by atoms with E-state index in [-0.39, 0.29) is 18.3 Å². The molecular weight excluding hydrogens is 318 g/mol. The van der Waals surface area contributed by atoms with E-state index in [1.807, 2.05) is 23.7 Å². The largest absolute Gasteiger partial charge is 0.467 e. The van der Waals surface area contributed by atoms with E-state index in [9.17, 15) is 4.79 Å². The summed E-state index contributed by atoms with van der Waals surface area (Å²) < 4.78 is 7.18. The minimum atomic E-state index is -0.130. The second kappa shape index (κ2) is 7.61. The van der Waals surface area contributed by atoms with Crippen LogP contribution in [0.5, 0.6) is 0 Å². The first kappa shape index (κ1) is 17.5. The number of carbonyl (C=O) groups excluding carboxylic acids is 1. The molecule has 0 bridgehead atoms. The third-order valence-electron chi connectivity index (χ3n) is 4.10. The molecular formula is C15H22ClN5O2. The van der Waals surface area contributed by atoms with Crippen LogP contribution >= 0.6 is 12.4 Å². The fraction of sp³-hybridized carbons (Fsp3) is 0.533. The van der Waals surface area contributed by atoms with Crippen LogP contribution in [-0.4, -0.2) is 45.9 Å². The number of rotatable bonds is 4. The Kier molecular flexibility index (Phi) is 5.79. The van der Waals surface area contributed by atoms with Crippen molar-refractivity contribution in [1.82, 2.24) is 25.2 Å². The second-order valence-electron chi connectivity index (χ2n) is 5.69. The van der Waals surface area contributed by atoms with Gasteiger partial charge in [-0.05, 0) is 45.0 Å². The van der Waals surface area contributed by atoms with E-state index in [1.54, 1.807) is 18.2 Å². The molecule has 0 aromatic carbocycles. The van der Waals surface area contributed by atoms with Gasteiger partial charge in [-0.25, -0.2) is 4.68 Å². The predicted molar refractivity (Wildman–Crippen MR) is 87.7 cm³/mol. The molecule has 1 amide bonds. The van der Waals surface area contributed by atoms with Gasteiger partial charge in [0.1, 0.15) is 5.76 Å². The number of hydrogen-bond acceptors (Lipinski definition) is 5. The van der Waals surface area contributed by atoms with Crippen LogP contribution in [0.2, 0.25) is 0 Å². The van der Waals surface area contributed by atoms with Gasteiger partial charge in [0, 0.05) is 7.05 Å². The maximum Gasteiger partial charge on any atom is 0.276 e. The monoisotopic (exact) mass is 339 g/mol. The van der Waals surface area contributed by atoms with Crippen molar-refractivity contribution < 1.29 is 9.21 Å². The van der Waals surface area contributed by atoms with Crippen LogP contribution in [0.4, 0.5) is 0 Å². The molecule has 23 heavy (non-hydrogen) atoms. The molecule has 1 saturated heterocycles. The summed E-state index contributed by atoms with van der Waals surface area (Å²) >= 11 is 0. The molecule has 0 aliphatic carbocycles. The molecule has 8 heteroatoms. The van der Waals surface area contributed by atoms with Crippen LogP contribution in [0.15, 0.2) is 22.8 Å². The number of carbonyl (C=O) groups is 1. The zero-order valence-electron chi connectivity index (χ0n) is 13.4. The Morgan fingerprint density at radius 3 is 2.87 bits per heavy atom. The molecule has 0 unspecified atom stereocenters. The number of furan rings is 1. The van der Waals surface area contributed by atoms with Crippen molar-refractivity contribution in [1.29, 1.82) is 0 Å². The van der Waals surface area contributed by atoms with Crippen molar-refractivity contribution in [2.75, 3.05) is 20.1 Å². The molecule has 1 aliphatic rings. The molecule has 1 aliphatic heterocycles. The Bertz CT molecular complexity index is 634. The summed E-state index contributed by atoms with van der Waals surface area (Å²) in [6.07, 6.45) is 3.63. The topological polar surface area (TPSA) is 76.2 Å². The second-order valence-corrected chi connectivity index (χ2v) is 5.69. The first-order valence-electron chi connectivity index (χ1n) is 7.57. The molecule has 3 rings (SSSR count). The normalized spacial score (nSPS) is 15.2. The summed E-state index contributed by atoms with van der Waals surface area (Å²) in [5.74, 6) is 0.619. The lowest BCUT2D eigenvalue weighted by molar-refractivity contribution is 0.0768. The molecule has 3 heterocycles. The Balaban J connectivity index is 0.00000192. The average Bonchev–Trinajstić information content (AvgIpc) is 3.17. The van der Waals surface area contributed by atoms with Gasteiger partial charge in [0.25, 0.3) is 5.91 Å². The number of halogens is 1. The van der Waals surface area contributed by atoms with Gasteiger partial charge < -0.3 is 14.6 Å². The van der Waals surface area contributed by atoms with E-state index >= 15 is 0 Å². The molecule has 126 valence electrons. The standard InChI is InChI=1S/C15H21N5O2.ClH/c1-11-14(15(21)19(2)10-13-4-3-9-22-13)17-18-20(11)12-5-7-16-8-6-12;/h3-4,9,12,16H,5-8,10H2,1-2H3;1H. The number of amides is 1. The molecule has 0 spiro atoms. The van der Waals surface area contributed by atoms with Gasteiger partial charge in [0.05, 0.1) is 24.5 Å². The summed E-state index contributed by atoms with van der Waals surface area (Å²) in [6, 6.07) is 3.99. The van der Waals surface area contributed by atoms with Gasteiger partial charge in [-0.15, -0.1) is 17.5 Å². The average molecular weight is 340 g/mol. The fourth-order valence-electron chi connectivity index (χ4n) is 2.83. The van der Waals surface area contributed by atoms with Crippen LogP contribution in [0, 0.1) is 6.92 Å². The highest BCUT2D eigenvalue weighted by Gasteiger charge is 2.24. The van der Waals surface area contributed by atoms with Crippen LogP contribution in [0.1, 0.15) is 40.8 Å². The van der Waals surface area contributed by atoms with Gasteiger partial charge >= 0.3 is 0 Å². The lowest BCUT2D eigenvalue weighted by atomic mass is 10.1. The number of piperidine rings is 1. The first-order chi connectivity index (χ1) is 10.7. The smallest absolute Gasteiger partial charge is 0.276 e. The Hall–Kier alpha value is -1.86. The zero-order valence-corrected chi connectivity index (χ0v) is 14.2. The zero-order chi connectivity index (χ0) is 15.5. The Morgan fingerprint density at radius 2 is 2.22 bits per heavy atom. The van der Waals surface area contributed by atoms with Crippen LogP contribution in [0.3, 0.4) is 0 Å². The minimum absolute atomic E-state index is 0. The van der Waals surface area contributed by atoms with Gasteiger partial charge in [-0.3, -0.25) is 4.79 Å². The van der Waals surface area contributed by atoms with Crippen molar-refractivity contribution in [3.8, 4) is 0 Å². The lowest BCUT2D eigenvalue weighted by Crippen LogP contribution is -2.30. The summed E-state index contributed by atoms with van der Waals surface area (Å²) in [5, 5.41) is 11.6. The summed E-state index contributed by atoms with van der Waals surface area (Å²) in [6.45, 7) is 4.29. The van der Waals surface area contributed by atoms with E-state index in [0.29, 0.717) is 18.3 Å². The number of aromatic nitrogens is 3. The summed E-state index contributed by atoms with van der Waals surface area (Å²) in [4.78, 5) is 14.1. The van der Waals surface area contributed by atoms with Crippen LogP contribution < -0.4 is 5.32 Å². The number of nitrogens with zero attached hydrogens (tertiary/aromatic N) is 4. The fourth-order valence-corrected chi connectivity index (χ4v) is 2.83. The summed E-state index contributed by atoms with van der Waals surface area (Å²) in [5.41, 5.74) is 1.26. The number of hydrogen-bond donors (Lipinski definition) is 1. The highest BCUT2D eigenvalue weighted by atomic mass is 35.5. The molecule has 2 aromatic heterocycles. The third kappa shape index (κ3) is 3.73. The highest BCUT2D eigenvalue weighted by molar-refractivity contribution is 5.93. The molecule has 2 aromatic rings. The van der Waals surface area contributed by atoms with Crippen LogP contribution in [0.25, 0.3) is 0 Å². The molecule has 0 atom stereocenters. The SMILES string of the molecule is Cc1c(C(=O)N(C)Cc2ccco2)nnn1C1CCNCC1.Cl. The maximum atomic E-state index is 12.5. The quantitative estimate of drug-likeness (QED) is 0.919. The Morgan fingerprint density at radius 1 is 1.48 bits per heavy atom. The van der Waals surface area contributed by atoms with Crippen LogP contribution in [-0.2, 0) is 6.54 Å². The van der Waals surface area contributed by atoms with Crippen molar-refractivity contribution in [3.05, 3.63) is 35.5 Å². The van der Waals surface area contributed by atoms with Gasteiger partial charge in [-0.1, -0.05) is 5.21 Å². The number of nitrogens with one attached hydrogen (secondary N) is 1. The van der Waals surface area contributed by atoms with Gasteiger partial charge in [0.2, 0.25) is 0 Å². The van der Waals surface area contributed by atoms with Gasteiger partial charge in [0.15, 0.2) is 5.69 Å². The van der Waals surface area contributed by atoms with Crippen molar-refractivity contribution in [3.63, 3.8) is 0 Å². The molecule has 0 radical (unpaired) electrons. The molecule has 1 N–H and O–H groups in total. The molecule has 1 fully saturated rings. The first-order valence-corrected chi connectivity index (χ1v) is 7.57. The predicted octanol–water partition coefficient (Wildman–Crippen LogP) is 1.80. The van der Waals surface area contributed by atoms with E-state index in [1.165, 1.54) is 0 Å². The van der Waals surface area contributed by atoms with E-state index in [4.69, 9.17) is 4.42 Å². The van der Waals surface area contributed by atoms with Crippen molar-refractivity contribution in [2.24, 2.45) is 0 Å². The minimum Gasteiger partial charge on any atom is -0.467 e. The third-order valence-corrected chi connectivity index (χ3v) is 4.10. The van der Waals surface area contributed by atoms with Crippen molar-refractivity contribution in [2.45, 2.75) is 32.4 Å². The molecule has 7 nitrogen and oxygen atoms in total. The van der Waals surface area contributed by atoms with Gasteiger partial charge in [-0.2, -0.15) is 0 Å². The van der Waals surface area contributed by atoms with E-state index in [2.05, 4.69) is 15.6 Å². The van der Waals surface area contributed by atoms with Crippen molar-refractivity contribution >= 4 is 18.3 Å². The molecule has 0 saturated carbocycles. The summed E-state index contributed by atoms with van der Waals surface area (Å²) in [7, 11) is 1.74. The Labute approximate surface area is 141 Å². The van der Waals surface area contributed by atoms with E-state index in [0.717, 1.165) is 37.4 Å². The van der Waals surface area contributed by atoms with E-state index < -0.39 is 0 Å². The highest BCUT2D eigenvalue weighted by Crippen LogP contribution is 2.21. The maximum absolute atomic E-state index is 12.5.